The number of nitrogens with two attached hydrogens (primary N) is 2. The summed E-state index contributed by atoms with van der Waals surface area (Å²) in [5.41, 5.74) is 11.3. The van der Waals surface area contributed by atoms with E-state index in [1.54, 1.807) is 0 Å². The third-order valence-electron chi connectivity index (χ3n) is 2.24. The zero-order valence-corrected chi connectivity index (χ0v) is 6.48. The first-order chi connectivity index (χ1) is 5.09. The minimum atomic E-state index is -1.26. The van der Waals surface area contributed by atoms with Crippen LogP contribution >= 0.6 is 0 Å². The molecule has 66 valence electrons. The van der Waals surface area contributed by atoms with E-state index < -0.39 is 6.29 Å². The lowest BCUT2D eigenvalue weighted by Crippen LogP contribution is -2.43. The summed E-state index contributed by atoms with van der Waals surface area (Å²) in [6.07, 6.45) is 0.882. The van der Waals surface area contributed by atoms with Crippen molar-refractivity contribution in [1.82, 2.24) is 0 Å². The lowest BCUT2D eigenvalue weighted by atomic mass is 9.83. The van der Waals surface area contributed by atoms with E-state index in [2.05, 4.69) is 0 Å². The van der Waals surface area contributed by atoms with Crippen LogP contribution in [0.4, 0.5) is 0 Å². The van der Waals surface area contributed by atoms with E-state index >= 15 is 0 Å². The van der Waals surface area contributed by atoms with Crippen LogP contribution in [0, 0.1) is 5.92 Å². The SMILES string of the molecule is NC1CC(N)CC(C(O)O)C1. The maximum Gasteiger partial charge on any atom is 0.154 e. The van der Waals surface area contributed by atoms with Crippen molar-refractivity contribution in [2.75, 3.05) is 0 Å². The van der Waals surface area contributed by atoms with Crippen molar-refractivity contribution < 1.29 is 10.2 Å². The lowest BCUT2D eigenvalue weighted by molar-refractivity contribution is -0.0960. The lowest BCUT2D eigenvalue weighted by Gasteiger charge is -2.31. The molecule has 0 spiro atoms. The Balaban J connectivity index is 2.43. The predicted molar refractivity (Wildman–Crippen MR) is 41.5 cm³/mol. The van der Waals surface area contributed by atoms with Gasteiger partial charge >= 0.3 is 0 Å². The molecule has 4 nitrogen and oxygen atoms in total. The smallest absolute Gasteiger partial charge is 0.154 e. The van der Waals surface area contributed by atoms with Gasteiger partial charge in [-0.3, -0.25) is 0 Å². The van der Waals surface area contributed by atoms with Crippen LogP contribution in [0.25, 0.3) is 0 Å². The van der Waals surface area contributed by atoms with Crippen LogP contribution in [-0.2, 0) is 0 Å². The van der Waals surface area contributed by atoms with E-state index in [-0.39, 0.29) is 18.0 Å². The van der Waals surface area contributed by atoms with Crippen LogP contribution in [0.5, 0.6) is 0 Å². The van der Waals surface area contributed by atoms with Crippen molar-refractivity contribution in [2.45, 2.75) is 37.6 Å². The van der Waals surface area contributed by atoms with Gasteiger partial charge in [0.05, 0.1) is 0 Å². The summed E-state index contributed by atoms with van der Waals surface area (Å²) in [5, 5.41) is 17.7. The number of rotatable bonds is 1. The molecule has 2 atom stereocenters. The Morgan fingerprint density at radius 3 is 1.82 bits per heavy atom. The van der Waals surface area contributed by atoms with Crippen molar-refractivity contribution in [3.8, 4) is 0 Å². The molecule has 4 heteroatoms. The van der Waals surface area contributed by atoms with E-state index in [9.17, 15) is 0 Å². The van der Waals surface area contributed by atoms with Crippen LogP contribution < -0.4 is 11.5 Å². The number of aliphatic hydroxyl groups excluding tert-OH is 1. The van der Waals surface area contributed by atoms with Crippen LogP contribution in [-0.4, -0.2) is 28.6 Å². The Hall–Kier alpha value is -0.160. The molecule has 0 bridgehead atoms. The molecule has 0 heterocycles. The van der Waals surface area contributed by atoms with Crippen molar-refractivity contribution in [2.24, 2.45) is 17.4 Å². The van der Waals surface area contributed by atoms with Gasteiger partial charge in [-0.2, -0.15) is 0 Å². The third kappa shape index (κ3) is 2.41. The highest BCUT2D eigenvalue weighted by atomic mass is 16.5. The van der Waals surface area contributed by atoms with Gasteiger partial charge in [-0.1, -0.05) is 0 Å². The first-order valence-electron chi connectivity index (χ1n) is 3.97. The van der Waals surface area contributed by atoms with Crippen LogP contribution in [0.15, 0.2) is 0 Å². The topological polar surface area (TPSA) is 92.5 Å². The van der Waals surface area contributed by atoms with Gasteiger partial charge in [-0.25, -0.2) is 0 Å². The average molecular weight is 160 g/mol. The van der Waals surface area contributed by atoms with E-state index in [1.165, 1.54) is 0 Å². The van der Waals surface area contributed by atoms with Crippen LogP contribution in [0.3, 0.4) is 0 Å². The summed E-state index contributed by atoms with van der Waals surface area (Å²) in [4.78, 5) is 0. The summed E-state index contributed by atoms with van der Waals surface area (Å²) in [7, 11) is 0. The van der Waals surface area contributed by atoms with Gasteiger partial charge in [-0.05, 0) is 19.3 Å². The summed E-state index contributed by atoms with van der Waals surface area (Å²) < 4.78 is 0. The summed E-state index contributed by atoms with van der Waals surface area (Å²) in [6.45, 7) is 0. The molecule has 0 amide bonds. The molecule has 2 unspecified atom stereocenters. The molecule has 1 rings (SSSR count). The Kier molecular flexibility index (Phi) is 2.84. The minimum absolute atomic E-state index is 0.0329. The standard InChI is InChI=1S/C7H16N2O2/c8-5-1-4(7(10)11)2-6(9)3-5/h4-7,10-11H,1-3,8-9H2. The Morgan fingerprint density at radius 1 is 1.00 bits per heavy atom. The zero-order chi connectivity index (χ0) is 8.43. The normalized spacial score (nSPS) is 39.5. The quantitative estimate of drug-likeness (QED) is 0.361. The largest absolute Gasteiger partial charge is 0.368 e. The van der Waals surface area contributed by atoms with Crippen molar-refractivity contribution >= 4 is 0 Å². The number of hydrogen-bond acceptors (Lipinski definition) is 4. The van der Waals surface area contributed by atoms with Crippen LogP contribution in [0.1, 0.15) is 19.3 Å². The zero-order valence-electron chi connectivity index (χ0n) is 6.48. The van der Waals surface area contributed by atoms with E-state index in [0.29, 0.717) is 12.8 Å². The molecule has 1 aliphatic rings. The van der Waals surface area contributed by atoms with E-state index in [4.69, 9.17) is 21.7 Å². The second-order valence-corrected chi connectivity index (χ2v) is 3.40. The summed E-state index contributed by atoms with van der Waals surface area (Å²) in [6, 6.07) is 0.0658. The van der Waals surface area contributed by atoms with Crippen molar-refractivity contribution in [3.05, 3.63) is 0 Å². The maximum absolute atomic E-state index is 8.86. The van der Waals surface area contributed by atoms with E-state index in [0.717, 1.165) is 6.42 Å². The van der Waals surface area contributed by atoms with Gasteiger partial charge in [0, 0.05) is 18.0 Å². The fourth-order valence-electron chi connectivity index (χ4n) is 1.70. The van der Waals surface area contributed by atoms with Crippen molar-refractivity contribution in [1.29, 1.82) is 0 Å². The first kappa shape index (κ1) is 8.93. The fourth-order valence-corrected chi connectivity index (χ4v) is 1.70. The maximum atomic E-state index is 8.86. The summed E-state index contributed by atoms with van der Waals surface area (Å²) >= 11 is 0. The highest BCUT2D eigenvalue weighted by molar-refractivity contribution is 4.83. The Morgan fingerprint density at radius 2 is 1.45 bits per heavy atom. The second-order valence-electron chi connectivity index (χ2n) is 3.40. The molecule has 1 saturated carbocycles. The molecule has 0 saturated heterocycles. The van der Waals surface area contributed by atoms with Gasteiger partial charge < -0.3 is 21.7 Å². The van der Waals surface area contributed by atoms with E-state index in [1.807, 2.05) is 0 Å². The first-order valence-corrected chi connectivity index (χ1v) is 3.97. The fraction of sp³-hybridized carbons (Fsp3) is 1.00. The van der Waals surface area contributed by atoms with Gasteiger partial charge in [0.1, 0.15) is 0 Å². The number of aliphatic hydroxyl groups is 2. The second kappa shape index (κ2) is 3.49. The summed E-state index contributed by atoms with van der Waals surface area (Å²) in [5.74, 6) is -0.131. The monoisotopic (exact) mass is 160 g/mol. The molecule has 0 aromatic carbocycles. The van der Waals surface area contributed by atoms with Crippen LogP contribution in [0.2, 0.25) is 0 Å². The molecular formula is C7H16N2O2. The third-order valence-corrected chi connectivity index (χ3v) is 2.24. The minimum Gasteiger partial charge on any atom is -0.368 e. The molecule has 0 aliphatic heterocycles. The Labute approximate surface area is 66.2 Å². The molecule has 0 radical (unpaired) electrons. The van der Waals surface area contributed by atoms with Gasteiger partial charge in [0.2, 0.25) is 0 Å². The highest BCUT2D eigenvalue weighted by Gasteiger charge is 2.28. The molecule has 1 aliphatic carbocycles. The average Bonchev–Trinajstić information content (AvgIpc) is 1.85. The Bertz CT molecular complexity index is 120. The molecule has 11 heavy (non-hydrogen) atoms. The van der Waals surface area contributed by atoms with Gasteiger partial charge in [0.25, 0.3) is 0 Å². The predicted octanol–water partition coefficient (Wildman–Crippen LogP) is -1.25. The molecule has 0 aromatic heterocycles. The number of hydrogen-bond donors (Lipinski definition) is 4. The molecule has 6 N–H and O–H groups in total. The molecule has 1 fully saturated rings. The highest BCUT2D eigenvalue weighted by Crippen LogP contribution is 2.24. The molecular weight excluding hydrogens is 144 g/mol. The van der Waals surface area contributed by atoms with Gasteiger partial charge in [-0.15, -0.1) is 0 Å². The van der Waals surface area contributed by atoms with Crippen molar-refractivity contribution in [3.63, 3.8) is 0 Å². The van der Waals surface area contributed by atoms with Gasteiger partial charge in [0.15, 0.2) is 6.29 Å². The molecule has 0 aromatic rings.